The Morgan fingerprint density at radius 3 is 2.80 bits per heavy atom. The molecular weight excluding hydrogens is 318 g/mol. The minimum atomic E-state index is -0.841. The van der Waals surface area contributed by atoms with E-state index < -0.39 is 5.60 Å². The summed E-state index contributed by atoms with van der Waals surface area (Å²) in [6, 6.07) is 3.58. The van der Waals surface area contributed by atoms with Gasteiger partial charge in [-0.3, -0.25) is 0 Å². The van der Waals surface area contributed by atoms with Crippen LogP contribution in [0.2, 0.25) is 0 Å². The number of aromatic nitrogens is 1. The van der Waals surface area contributed by atoms with Gasteiger partial charge in [-0.05, 0) is 51.9 Å². The fraction of sp³-hybridized carbons (Fsp3) is 0.667. The molecule has 2 fully saturated rings. The van der Waals surface area contributed by atoms with E-state index in [0.717, 1.165) is 50.3 Å². The van der Waals surface area contributed by atoms with Gasteiger partial charge in [0, 0.05) is 32.4 Å². The third-order valence-electron chi connectivity index (χ3n) is 4.89. The van der Waals surface area contributed by atoms with Gasteiger partial charge in [-0.15, -0.1) is 0 Å². The molecule has 138 valence electrons. The number of pyridine rings is 1. The highest BCUT2D eigenvalue weighted by molar-refractivity contribution is 5.92. The van der Waals surface area contributed by atoms with Crippen LogP contribution in [0.25, 0.3) is 0 Å². The summed E-state index contributed by atoms with van der Waals surface area (Å²) in [6.45, 7) is 3.54. The van der Waals surface area contributed by atoms with E-state index in [1.165, 1.54) is 0 Å². The molecule has 7 heteroatoms. The smallest absolute Gasteiger partial charge is 0.322 e. The average molecular weight is 347 g/mol. The number of likely N-dealkylation sites (N-methyl/N-ethyl adjacent to an activating group) is 1. The van der Waals surface area contributed by atoms with Crippen LogP contribution in [0.4, 0.5) is 16.3 Å². The van der Waals surface area contributed by atoms with Crippen molar-refractivity contribution in [2.45, 2.75) is 31.3 Å². The van der Waals surface area contributed by atoms with Crippen molar-refractivity contribution < 1.29 is 9.90 Å². The van der Waals surface area contributed by atoms with Crippen molar-refractivity contribution in [1.82, 2.24) is 14.8 Å². The Bertz CT molecular complexity index is 603. The zero-order valence-electron chi connectivity index (χ0n) is 15.2. The number of likely N-dealkylation sites (tertiary alicyclic amines) is 1. The summed E-state index contributed by atoms with van der Waals surface area (Å²) in [6.07, 6.45) is 5.62. The van der Waals surface area contributed by atoms with Crippen molar-refractivity contribution in [3.8, 4) is 0 Å². The number of piperidine rings is 1. The highest BCUT2D eigenvalue weighted by atomic mass is 16.3. The second kappa shape index (κ2) is 7.58. The number of hydrogen-bond donors (Lipinski definition) is 2. The number of urea groups is 1. The molecule has 2 aliphatic rings. The Kier molecular flexibility index (Phi) is 5.44. The summed E-state index contributed by atoms with van der Waals surface area (Å²) in [5.74, 6) is 0.842. The minimum Gasteiger partial charge on any atom is -0.387 e. The molecule has 0 saturated carbocycles. The molecule has 2 aliphatic heterocycles. The van der Waals surface area contributed by atoms with Crippen molar-refractivity contribution in [2.75, 3.05) is 57.0 Å². The van der Waals surface area contributed by atoms with Gasteiger partial charge in [-0.1, -0.05) is 0 Å². The predicted octanol–water partition coefficient (Wildman–Crippen LogP) is 1.60. The molecule has 2 N–H and O–H groups in total. The van der Waals surface area contributed by atoms with Crippen LogP contribution in [0, 0.1) is 0 Å². The topological polar surface area (TPSA) is 71.9 Å². The van der Waals surface area contributed by atoms with E-state index in [1.54, 1.807) is 11.1 Å². The van der Waals surface area contributed by atoms with E-state index >= 15 is 0 Å². The number of anilines is 2. The van der Waals surface area contributed by atoms with Crippen molar-refractivity contribution in [2.24, 2.45) is 0 Å². The van der Waals surface area contributed by atoms with Crippen LogP contribution in [0.15, 0.2) is 18.3 Å². The van der Waals surface area contributed by atoms with Gasteiger partial charge < -0.3 is 25.1 Å². The van der Waals surface area contributed by atoms with Crippen LogP contribution in [0.3, 0.4) is 0 Å². The van der Waals surface area contributed by atoms with Crippen LogP contribution < -0.4 is 10.2 Å². The van der Waals surface area contributed by atoms with E-state index in [9.17, 15) is 9.90 Å². The number of carbonyl (C=O) groups is 1. The molecule has 3 rings (SSSR count). The van der Waals surface area contributed by atoms with Crippen LogP contribution in [-0.2, 0) is 0 Å². The summed E-state index contributed by atoms with van der Waals surface area (Å²) in [7, 11) is 3.88. The largest absolute Gasteiger partial charge is 0.387 e. The first-order chi connectivity index (χ1) is 12.0. The normalized spacial score (nSPS) is 24.0. The fourth-order valence-electron chi connectivity index (χ4n) is 3.87. The number of amides is 2. The van der Waals surface area contributed by atoms with Crippen molar-refractivity contribution >= 4 is 17.5 Å². The molecule has 1 atom stereocenters. The Balaban J connectivity index is 1.68. The number of aliphatic hydroxyl groups is 1. The van der Waals surface area contributed by atoms with Gasteiger partial charge in [-0.2, -0.15) is 0 Å². The van der Waals surface area contributed by atoms with E-state index in [4.69, 9.17) is 0 Å². The van der Waals surface area contributed by atoms with Crippen LogP contribution >= 0.6 is 0 Å². The van der Waals surface area contributed by atoms with Crippen molar-refractivity contribution in [3.63, 3.8) is 0 Å². The molecule has 25 heavy (non-hydrogen) atoms. The molecule has 1 aromatic heterocycles. The van der Waals surface area contributed by atoms with Gasteiger partial charge >= 0.3 is 6.03 Å². The first kappa shape index (κ1) is 17.9. The summed E-state index contributed by atoms with van der Waals surface area (Å²) in [5, 5.41) is 13.8. The quantitative estimate of drug-likeness (QED) is 0.866. The fourth-order valence-corrected chi connectivity index (χ4v) is 3.87. The molecule has 0 unspecified atom stereocenters. The monoisotopic (exact) mass is 347 g/mol. The van der Waals surface area contributed by atoms with Gasteiger partial charge in [-0.25, -0.2) is 9.78 Å². The molecule has 0 bridgehead atoms. The molecule has 3 heterocycles. The lowest BCUT2D eigenvalue weighted by atomic mass is 9.92. The first-order valence-electron chi connectivity index (χ1n) is 9.10. The molecule has 0 spiro atoms. The molecule has 7 nitrogen and oxygen atoms in total. The Morgan fingerprint density at radius 2 is 2.08 bits per heavy atom. The predicted molar refractivity (Wildman–Crippen MR) is 99.0 cm³/mol. The number of nitrogens with zero attached hydrogens (tertiary/aromatic N) is 4. The van der Waals surface area contributed by atoms with Gasteiger partial charge in [0.2, 0.25) is 0 Å². The molecule has 1 aromatic rings. The van der Waals surface area contributed by atoms with Gasteiger partial charge in [0.25, 0.3) is 0 Å². The first-order valence-corrected chi connectivity index (χ1v) is 9.10. The molecule has 2 amide bonds. The van der Waals surface area contributed by atoms with E-state index in [0.29, 0.717) is 19.6 Å². The van der Waals surface area contributed by atoms with E-state index in [-0.39, 0.29) is 6.03 Å². The minimum absolute atomic E-state index is 0.162. The molecule has 2 saturated heterocycles. The third kappa shape index (κ3) is 4.41. The number of carbonyl (C=O) groups excluding carboxylic acids is 1. The summed E-state index contributed by atoms with van der Waals surface area (Å²) in [4.78, 5) is 23.1. The Morgan fingerprint density at radius 1 is 1.32 bits per heavy atom. The maximum Gasteiger partial charge on any atom is 0.322 e. The van der Waals surface area contributed by atoms with E-state index in [2.05, 4.69) is 15.2 Å². The standard InChI is InChI=1S/C18H29N5O2/c1-21(2)13-18(25)8-6-12-23(14-18)17(24)20-15-7-5-9-19-16(15)22-10-3-4-11-22/h5,7,9,25H,3-4,6,8,10-14H2,1-2H3,(H,20,24)/t18-/m1/s1. The number of β-amino-alcohol motifs (C(OH)–C–C–N with tert-alkyl or cyclic N) is 1. The lowest BCUT2D eigenvalue weighted by Gasteiger charge is -2.40. The van der Waals surface area contributed by atoms with Crippen molar-refractivity contribution in [1.29, 1.82) is 0 Å². The van der Waals surface area contributed by atoms with E-state index in [1.807, 2.05) is 31.1 Å². The zero-order valence-corrected chi connectivity index (χ0v) is 15.2. The second-order valence-electron chi connectivity index (χ2n) is 7.49. The van der Waals surface area contributed by atoms with Gasteiger partial charge in [0.15, 0.2) is 5.82 Å². The Hall–Kier alpha value is -1.86. The van der Waals surface area contributed by atoms with Gasteiger partial charge in [0.05, 0.1) is 17.8 Å². The summed E-state index contributed by atoms with van der Waals surface area (Å²) < 4.78 is 0. The highest BCUT2D eigenvalue weighted by Crippen LogP contribution is 2.27. The van der Waals surface area contributed by atoms with Crippen LogP contribution in [0.1, 0.15) is 25.7 Å². The number of hydrogen-bond acceptors (Lipinski definition) is 5. The third-order valence-corrected chi connectivity index (χ3v) is 4.89. The highest BCUT2D eigenvalue weighted by Gasteiger charge is 2.35. The molecule has 0 aliphatic carbocycles. The zero-order chi connectivity index (χ0) is 17.9. The van der Waals surface area contributed by atoms with Gasteiger partial charge in [0.1, 0.15) is 0 Å². The number of nitrogens with one attached hydrogen (secondary N) is 1. The maximum atomic E-state index is 12.8. The summed E-state index contributed by atoms with van der Waals surface area (Å²) >= 11 is 0. The molecular formula is C18H29N5O2. The summed E-state index contributed by atoms with van der Waals surface area (Å²) in [5.41, 5.74) is -0.0950. The number of rotatable bonds is 4. The van der Waals surface area contributed by atoms with Crippen molar-refractivity contribution in [3.05, 3.63) is 18.3 Å². The Labute approximate surface area is 149 Å². The lowest BCUT2D eigenvalue weighted by Crippen LogP contribution is -2.55. The van der Waals surface area contributed by atoms with Crippen LogP contribution in [-0.4, -0.2) is 78.3 Å². The molecule has 0 aromatic carbocycles. The van der Waals surface area contributed by atoms with Crippen LogP contribution in [0.5, 0.6) is 0 Å². The SMILES string of the molecule is CN(C)C[C@]1(O)CCCN(C(=O)Nc2cccnc2N2CCCC2)C1. The average Bonchev–Trinajstić information content (AvgIpc) is 3.08. The lowest BCUT2D eigenvalue weighted by molar-refractivity contribution is -0.0333. The second-order valence-corrected chi connectivity index (χ2v) is 7.49. The molecule has 0 radical (unpaired) electrons. The maximum absolute atomic E-state index is 12.8.